The Balaban J connectivity index is 0.00000625. The molecule has 3 N–H and O–H groups in total. The third-order valence-corrected chi connectivity index (χ3v) is 3.82. The number of nitrogens with one attached hydrogen (secondary N) is 3. The molecule has 0 heterocycles. The van der Waals surface area contributed by atoms with Gasteiger partial charge in [0.2, 0.25) is 0 Å². The Bertz CT molecular complexity index is 567. The second kappa shape index (κ2) is 12.9. The summed E-state index contributed by atoms with van der Waals surface area (Å²) in [6, 6.07) is 7.73. The molecule has 0 fully saturated rings. The van der Waals surface area contributed by atoms with Crippen LogP contribution in [0, 0.1) is 5.41 Å². The summed E-state index contributed by atoms with van der Waals surface area (Å²) in [5.41, 5.74) is 2.19. The molecule has 0 saturated carbocycles. The normalized spacial score (nSPS) is 11.5. The number of halogens is 1. The quantitative estimate of drug-likeness (QED) is 0.234. The van der Waals surface area contributed by atoms with Crippen LogP contribution in [-0.2, 0) is 6.42 Å². The highest BCUT2D eigenvalue weighted by Crippen LogP contribution is 2.20. The predicted molar refractivity (Wildman–Crippen MR) is 122 cm³/mol. The number of carbonyl (C=O) groups excluding carboxylic acids is 1. The summed E-state index contributed by atoms with van der Waals surface area (Å²) in [5.74, 6) is 0.808. The van der Waals surface area contributed by atoms with Crippen molar-refractivity contribution in [2.75, 3.05) is 26.7 Å². The minimum Gasteiger partial charge on any atom is -0.357 e. The highest BCUT2D eigenvalue weighted by Gasteiger charge is 2.09. The van der Waals surface area contributed by atoms with E-state index in [-0.39, 0.29) is 29.9 Å². The van der Waals surface area contributed by atoms with Gasteiger partial charge in [-0.2, -0.15) is 0 Å². The third-order valence-electron chi connectivity index (χ3n) is 3.82. The van der Waals surface area contributed by atoms with Crippen LogP contribution in [0.5, 0.6) is 0 Å². The second-order valence-electron chi connectivity index (χ2n) is 7.38. The molecule has 0 aromatic heterocycles. The van der Waals surface area contributed by atoms with E-state index in [4.69, 9.17) is 0 Å². The van der Waals surface area contributed by atoms with Crippen LogP contribution < -0.4 is 16.0 Å². The Morgan fingerprint density at radius 1 is 1.19 bits per heavy atom. The summed E-state index contributed by atoms with van der Waals surface area (Å²) in [4.78, 5) is 16.3. The number of benzene rings is 1. The van der Waals surface area contributed by atoms with Crippen LogP contribution in [0.2, 0.25) is 0 Å². The van der Waals surface area contributed by atoms with E-state index in [1.54, 1.807) is 7.05 Å². The van der Waals surface area contributed by atoms with E-state index in [0.29, 0.717) is 11.0 Å². The zero-order valence-electron chi connectivity index (χ0n) is 16.8. The lowest BCUT2D eigenvalue weighted by Gasteiger charge is -2.17. The highest BCUT2D eigenvalue weighted by molar-refractivity contribution is 14.0. The standard InChI is InChI=1S/C20H34N4O.HI/c1-6-22-19(23-13-8-12-20(2,3)4)24-14-11-16-9-7-10-17(15-16)18(25)21-5;/h7,9-10,15H,6,8,11-14H2,1-5H3,(H,21,25)(H2,22,23,24);1H. The van der Waals surface area contributed by atoms with Crippen molar-refractivity contribution in [2.24, 2.45) is 10.4 Å². The van der Waals surface area contributed by atoms with Gasteiger partial charge in [0.15, 0.2) is 5.96 Å². The number of aliphatic imine (C=N–C) groups is 1. The fourth-order valence-electron chi connectivity index (χ4n) is 2.48. The molecule has 0 atom stereocenters. The zero-order valence-corrected chi connectivity index (χ0v) is 19.1. The number of nitrogens with zero attached hydrogens (tertiary/aromatic N) is 1. The van der Waals surface area contributed by atoms with Gasteiger partial charge in [0.25, 0.3) is 5.91 Å². The molecular formula is C20H35IN4O. The molecule has 0 aliphatic carbocycles. The average molecular weight is 474 g/mol. The molecule has 0 aliphatic heterocycles. The average Bonchev–Trinajstić information content (AvgIpc) is 2.57. The van der Waals surface area contributed by atoms with Crippen molar-refractivity contribution in [1.82, 2.24) is 16.0 Å². The summed E-state index contributed by atoms with van der Waals surface area (Å²) in [6.07, 6.45) is 3.10. The van der Waals surface area contributed by atoms with Crippen molar-refractivity contribution >= 4 is 35.8 Å². The first kappa shape index (κ1) is 24.7. The fraction of sp³-hybridized carbons (Fsp3) is 0.600. The minimum absolute atomic E-state index is 0. The largest absolute Gasteiger partial charge is 0.357 e. The Hall–Kier alpha value is -1.31. The van der Waals surface area contributed by atoms with Gasteiger partial charge >= 0.3 is 0 Å². The molecule has 26 heavy (non-hydrogen) atoms. The summed E-state index contributed by atoms with van der Waals surface area (Å²) in [6.45, 7) is 11.3. The second-order valence-corrected chi connectivity index (χ2v) is 7.38. The van der Waals surface area contributed by atoms with Crippen LogP contribution in [-0.4, -0.2) is 38.5 Å². The van der Waals surface area contributed by atoms with E-state index in [9.17, 15) is 4.79 Å². The maximum Gasteiger partial charge on any atom is 0.251 e. The first-order valence-corrected chi connectivity index (χ1v) is 9.19. The fourth-order valence-corrected chi connectivity index (χ4v) is 2.48. The summed E-state index contributed by atoms with van der Waals surface area (Å²) >= 11 is 0. The van der Waals surface area contributed by atoms with Crippen LogP contribution in [0.3, 0.4) is 0 Å². The molecule has 1 aromatic rings. The molecule has 0 radical (unpaired) electrons. The van der Waals surface area contributed by atoms with Crippen molar-refractivity contribution in [3.63, 3.8) is 0 Å². The first-order chi connectivity index (χ1) is 11.9. The topological polar surface area (TPSA) is 65.5 Å². The van der Waals surface area contributed by atoms with Crippen molar-refractivity contribution in [3.05, 3.63) is 35.4 Å². The van der Waals surface area contributed by atoms with Crippen LogP contribution in [0.1, 0.15) is 56.5 Å². The molecule has 1 aromatic carbocycles. The van der Waals surface area contributed by atoms with Crippen LogP contribution >= 0.6 is 24.0 Å². The smallest absolute Gasteiger partial charge is 0.251 e. The van der Waals surface area contributed by atoms with Crippen molar-refractivity contribution < 1.29 is 4.79 Å². The third kappa shape index (κ3) is 10.6. The Labute approximate surface area is 175 Å². The Kier molecular flexibility index (Phi) is 12.3. The van der Waals surface area contributed by atoms with Crippen LogP contribution in [0.25, 0.3) is 0 Å². The first-order valence-electron chi connectivity index (χ1n) is 9.19. The maximum atomic E-state index is 11.7. The Morgan fingerprint density at radius 2 is 1.92 bits per heavy atom. The van der Waals surface area contributed by atoms with E-state index in [1.165, 1.54) is 6.42 Å². The van der Waals surface area contributed by atoms with Gasteiger partial charge < -0.3 is 16.0 Å². The van der Waals surface area contributed by atoms with E-state index >= 15 is 0 Å². The molecule has 1 amide bonds. The molecule has 0 spiro atoms. The van der Waals surface area contributed by atoms with Gasteiger partial charge in [0, 0.05) is 32.2 Å². The molecule has 0 unspecified atom stereocenters. The molecule has 148 valence electrons. The van der Waals surface area contributed by atoms with Gasteiger partial charge in [0.05, 0.1) is 0 Å². The lowest BCUT2D eigenvalue weighted by molar-refractivity contribution is 0.0963. The molecule has 1 rings (SSSR count). The number of guanidine groups is 1. The SMILES string of the molecule is CCNC(=NCCCC(C)(C)C)NCCc1cccc(C(=O)NC)c1.I. The van der Waals surface area contributed by atoms with Crippen LogP contribution in [0.4, 0.5) is 0 Å². The van der Waals surface area contributed by atoms with Crippen molar-refractivity contribution in [3.8, 4) is 0 Å². The monoisotopic (exact) mass is 474 g/mol. The minimum atomic E-state index is -0.0523. The van der Waals surface area contributed by atoms with E-state index in [0.717, 1.165) is 44.0 Å². The maximum absolute atomic E-state index is 11.7. The van der Waals surface area contributed by atoms with Crippen molar-refractivity contribution in [1.29, 1.82) is 0 Å². The van der Waals surface area contributed by atoms with E-state index < -0.39 is 0 Å². The van der Waals surface area contributed by atoms with Crippen molar-refractivity contribution in [2.45, 2.75) is 47.0 Å². The molecule has 0 bridgehead atoms. The molecule has 5 nitrogen and oxygen atoms in total. The van der Waals surface area contributed by atoms with Crippen LogP contribution in [0.15, 0.2) is 29.3 Å². The number of amides is 1. The molecular weight excluding hydrogens is 439 g/mol. The number of carbonyl (C=O) groups is 1. The molecule has 0 aliphatic rings. The van der Waals surface area contributed by atoms with Gasteiger partial charge in [0.1, 0.15) is 0 Å². The van der Waals surface area contributed by atoms with Gasteiger partial charge in [-0.15, -0.1) is 24.0 Å². The Morgan fingerprint density at radius 3 is 2.54 bits per heavy atom. The molecule has 0 saturated heterocycles. The number of hydrogen-bond acceptors (Lipinski definition) is 2. The summed E-state index contributed by atoms with van der Waals surface area (Å²) < 4.78 is 0. The number of rotatable bonds is 8. The zero-order chi connectivity index (χ0) is 18.7. The lowest BCUT2D eigenvalue weighted by Crippen LogP contribution is -2.38. The molecule has 6 heteroatoms. The summed E-state index contributed by atoms with van der Waals surface area (Å²) in [5, 5.41) is 9.30. The van der Waals surface area contributed by atoms with Gasteiger partial charge in [-0.05, 0) is 49.3 Å². The van der Waals surface area contributed by atoms with E-state index in [1.807, 2.05) is 24.3 Å². The highest BCUT2D eigenvalue weighted by atomic mass is 127. The number of hydrogen-bond donors (Lipinski definition) is 3. The van der Waals surface area contributed by atoms with E-state index in [2.05, 4.69) is 48.6 Å². The predicted octanol–water partition coefficient (Wildman–Crippen LogP) is 3.59. The summed E-state index contributed by atoms with van der Waals surface area (Å²) in [7, 11) is 1.65. The van der Waals surface area contributed by atoms with Gasteiger partial charge in [-0.25, -0.2) is 0 Å². The van der Waals surface area contributed by atoms with Gasteiger partial charge in [-0.1, -0.05) is 32.9 Å². The van der Waals surface area contributed by atoms with Gasteiger partial charge in [-0.3, -0.25) is 9.79 Å². The lowest BCUT2D eigenvalue weighted by atomic mass is 9.91.